The number of ether oxygens (including phenoxy) is 1. The van der Waals surface area contributed by atoms with Crippen LogP contribution in [0.4, 0.5) is 10.2 Å². The van der Waals surface area contributed by atoms with Gasteiger partial charge in [0.25, 0.3) is 5.85 Å². The summed E-state index contributed by atoms with van der Waals surface area (Å²) in [6.07, 6.45) is -1.50. The van der Waals surface area contributed by atoms with E-state index >= 15 is 0 Å². The molecule has 100 valence electrons. The molecule has 0 unspecified atom stereocenters. The molecular weight excluding hydrogens is 265 g/mol. The first kappa shape index (κ1) is 13.3. The zero-order valence-electron chi connectivity index (χ0n) is 9.10. The van der Waals surface area contributed by atoms with Crippen molar-refractivity contribution in [2.45, 2.75) is 23.4 Å². The molecule has 1 aromatic rings. The third-order valence-corrected chi connectivity index (χ3v) is 3.40. The van der Waals surface area contributed by atoms with Crippen LogP contribution in [0.5, 0.6) is 0 Å². The van der Waals surface area contributed by atoms with Crippen LogP contribution in [0, 0.1) is 0 Å². The Bertz CT molecular complexity index is 509. The fourth-order valence-corrected chi connectivity index (χ4v) is 2.04. The van der Waals surface area contributed by atoms with Crippen molar-refractivity contribution in [2.75, 3.05) is 12.3 Å². The second-order valence-corrected chi connectivity index (χ2v) is 4.48. The zero-order valence-corrected chi connectivity index (χ0v) is 10.00. The van der Waals surface area contributed by atoms with Gasteiger partial charge in [-0.15, -0.1) is 0 Å². The van der Waals surface area contributed by atoms with E-state index in [2.05, 4.69) is 17.6 Å². The molecule has 1 aliphatic rings. The monoisotopic (exact) mass is 277 g/mol. The highest BCUT2D eigenvalue weighted by Crippen LogP contribution is 2.41. The fourth-order valence-electron chi connectivity index (χ4n) is 1.75. The van der Waals surface area contributed by atoms with Crippen LogP contribution in [0.15, 0.2) is 17.1 Å². The molecule has 1 aromatic heterocycles. The minimum atomic E-state index is -2.90. The Labute approximate surface area is 106 Å². The second-order valence-electron chi connectivity index (χ2n) is 3.92. The van der Waals surface area contributed by atoms with Crippen molar-refractivity contribution in [3.63, 3.8) is 0 Å². The fraction of sp³-hybridized carbons (Fsp3) is 0.556. The summed E-state index contributed by atoms with van der Waals surface area (Å²) in [4.78, 5) is 14.9. The maximum Gasteiger partial charge on any atom is 0.351 e. The zero-order chi connectivity index (χ0) is 13.5. The minimum Gasteiger partial charge on any atom is -0.394 e. The molecule has 4 N–H and O–H groups in total. The molecule has 1 fully saturated rings. The normalized spacial score (nSPS) is 35.9. The summed E-state index contributed by atoms with van der Waals surface area (Å²) in [5.74, 6) is -2.93. The summed E-state index contributed by atoms with van der Waals surface area (Å²) in [6.45, 7) is -0.534. The van der Waals surface area contributed by atoms with Crippen molar-refractivity contribution in [3.8, 4) is 0 Å². The van der Waals surface area contributed by atoms with Gasteiger partial charge in [-0.3, -0.25) is 4.57 Å². The molecule has 0 spiro atoms. The van der Waals surface area contributed by atoms with Gasteiger partial charge in [-0.05, 0) is 6.07 Å². The Kier molecular flexibility index (Phi) is 3.32. The van der Waals surface area contributed by atoms with Gasteiger partial charge >= 0.3 is 5.69 Å². The van der Waals surface area contributed by atoms with E-state index in [1.54, 1.807) is 0 Å². The van der Waals surface area contributed by atoms with E-state index in [9.17, 15) is 14.3 Å². The molecule has 0 radical (unpaired) electrons. The minimum absolute atomic E-state index is 0.0298. The third-order valence-electron chi connectivity index (χ3n) is 2.70. The maximum atomic E-state index is 14.1. The first-order valence-corrected chi connectivity index (χ1v) is 5.60. The standard InChI is InChI=1S/C9H12FN3O4S/c10-9(16)6(18)4(3-14)17-7(9)13-2-1-5(11)12-8(13)15/h1-2,4,6-7,14,16,18H,3H2,(H2,11,12,15)/t4-,6-,7-,9-/m1/s1. The average Bonchev–Trinajstić information content (AvgIpc) is 2.52. The van der Waals surface area contributed by atoms with Gasteiger partial charge in [0.05, 0.1) is 11.9 Å². The molecule has 9 heteroatoms. The molecule has 7 nitrogen and oxygen atoms in total. The van der Waals surface area contributed by atoms with E-state index in [4.69, 9.17) is 15.6 Å². The predicted octanol–water partition coefficient (Wildman–Crippen LogP) is -1.33. The van der Waals surface area contributed by atoms with E-state index in [-0.39, 0.29) is 5.82 Å². The van der Waals surface area contributed by atoms with Crippen molar-refractivity contribution in [2.24, 2.45) is 0 Å². The van der Waals surface area contributed by atoms with Gasteiger partial charge in [0.15, 0.2) is 6.23 Å². The second kappa shape index (κ2) is 4.50. The smallest absolute Gasteiger partial charge is 0.351 e. The van der Waals surface area contributed by atoms with Crippen molar-refractivity contribution >= 4 is 18.4 Å². The summed E-state index contributed by atoms with van der Waals surface area (Å²) in [6, 6.07) is 1.26. The van der Waals surface area contributed by atoms with Crippen LogP contribution in [0.3, 0.4) is 0 Å². The number of nitrogen functional groups attached to an aromatic ring is 1. The summed E-state index contributed by atoms with van der Waals surface area (Å²) in [5.41, 5.74) is 4.43. The lowest BCUT2D eigenvalue weighted by Crippen LogP contribution is -2.42. The molecule has 0 aromatic carbocycles. The van der Waals surface area contributed by atoms with Crippen LogP contribution in [-0.4, -0.2) is 43.6 Å². The van der Waals surface area contributed by atoms with Crippen LogP contribution in [0.2, 0.25) is 0 Å². The number of nitrogens with zero attached hydrogens (tertiary/aromatic N) is 2. The number of anilines is 1. The summed E-state index contributed by atoms with van der Waals surface area (Å²) < 4.78 is 19.9. The van der Waals surface area contributed by atoms with Crippen LogP contribution in [-0.2, 0) is 4.74 Å². The maximum absolute atomic E-state index is 14.1. The van der Waals surface area contributed by atoms with Gasteiger partial charge < -0.3 is 20.7 Å². The number of halogens is 1. The van der Waals surface area contributed by atoms with E-state index in [1.807, 2.05) is 0 Å². The number of hydrogen-bond acceptors (Lipinski definition) is 7. The lowest BCUT2D eigenvalue weighted by Gasteiger charge is -2.23. The number of alkyl halides is 1. The summed E-state index contributed by atoms with van der Waals surface area (Å²) in [7, 11) is 0. The number of hydrogen-bond donors (Lipinski definition) is 4. The molecule has 2 heterocycles. The van der Waals surface area contributed by atoms with Crippen molar-refractivity contribution in [3.05, 3.63) is 22.7 Å². The van der Waals surface area contributed by atoms with Gasteiger partial charge in [0.1, 0.15) is 11.9 Å². The molecule has 2 rings (SSSR count). The first-order chi connectivity index (χ1) is 8.37. The van der Waals surface area contributed by atoms with E-state index in [0.29, 0.717) is 0 Å². The molecule has 1 aliphatic heterocycles. The molecule has 0 amide bonds. The number of nitrogens with two attached hydrogens (primary N) is 1. The Morgan fingerprint density at radius 3 is 2.89 bits per heavy atom. The molecule has 0 bridgehead atoms. The van der Waals surface area contributed by atoms with Gasteiger partial charge in [-0.2, -0.15) is 17.6 Å². The van der Waals surface area contributed by atoms with E-state index in [0.717, 1.165) is 10.8 Å². The molecule has 0 saturated carbocycles. The van der Waals surface area contributed by atoms with Crippen molar-refractivity contribution in [1.29, 1.82) is 0 Å². The van der Waals surface area contributed by atoms with Crippen molar-refractivity contribution < 1.29 is 19.3 Å². The van der Waals surface area contributed by atoms with E-state index in [1.165, 1.54) is 6.07 Å². The van der Waals surface area contributed by atoms with Crippen LogP contribution < -0.4 is 11.4 Å². The SMILES string of the molecule is Nc1ccn([C@@H]2O[C@H](CO)[C@@H](S)[C@]2(O)F)c(=O)n1. The highest BCUT2D eigenvalue weighted by Gasteiger charge is 2.56. The topological polar surface area (TPSA) is 111 Å². The lowest BCUT2D eigenvalue weighted by atomic mass is 10.1. The Balaban J connectivity index is 2.42. The Morgan fingerprint density at radius 2 is 2.39 bits per heavy atom. The number of aromatic nitrogens is 2. The van der Waals surface area contributed by atoms with Crippen LogP contribution in [0.25, 0.3) is 0 Å². The van der Waals surface area contributed by atoms with Gasteiger partial charge in [0, 0.05) is 6.20 Å². The molecule has 1 saturated heterocycles. The highest BCUT2D eigenvalue weighted by atomic mass is 32.1. The summed E-state index contributed by atoms with van der Waals surface area (Å²) in [5, 5.41) is 17.4. The summed E-state index contributed by atoms with van der Waals surface area (Å²) >= 11 is 3.84. The predicted molar refractivity (Wildman–Crippen MR) is 62.7 cm³/mol. The number of rotatable bonds is 2. The number of thiol groups is 1. The Morgan fingerprint density at radius 1 is 1.72 bits per heavy atom. The quantitative estimate of drug-likeness (QED) is 0.499. The van der Waals surface area contributed by atoms with Gasteiger partial charge in [0.2, 0.25) is 0 Å². The Hall–Kier alpha value is -1.16. The lowest BCUT2D eigenvalue weighted by molar-refractivity contribution is -0.167. The molecular formula is C9H12FN3O4S. The van der Waals surface area contributed by atoms with E-state index < -0.39 is 35.7 Å². The number of aliphatic hydroxyl groups excluding tert-OH is 1. The first-order valence-electron chi connectivity index (χ1n) is 5.08. The highest BCUT2D eigenvalue weighted by molar-refractivity contribution is 7.81. The average molecular weight is 277 g/mol. The van der Waals surface area contributed by atoms with Gasteiger partial charge in [-0.1, -0.05) is 0 Å². The van der Waals surface area contributed by atoms with Crippen molar-refractivity contribution in [1.82, 2.24) is 9.55 Å². The largest absolute Gasteiger partial charge is 0.394 e. The van der Waals surface area contributed by atoms with Crippen LogP contribution in [0.1, 0.15) is 6.23 Å². The van der Waals surface area contributed by atoms with Gasteiger partial charge in [-0.25, -0.2) is 9.18 Å². The molecule has 0 aliphatic carbocycles. The molecule has 4 atom stereocenters. The molecule has 18 heavy (non-hydrogen) atoms. The third kappa shape index (κ3) is 1.99. The number of aliphatic hydroxyl groups is 2. The van der Waals surface area contributed by atoms with Crippen LogP contribution >= 0.6 is 12.6 Å².